The molecule has 0 amide bonds. The van der Waals surface area contributed by atoms with E-state index in [4.69, 9.17) is 4.74 Å². The number of aromatic nitrogens is 4. The summed E-state index contributed by atoms with van der Waals surface area (Å²) in [4.78, 5) is 10.7. The van der Waals surface area contributed by atoms with Crippen molar-refractivity contribution in [2.24, 2.45) is 7.05 Å². The molecule has 0 saturated carbocycles. The molecule has 0 unspecified atom stereocenters. The highest BCUT2D eigenvalue weighted by Crippen LogP contribution is 2.12. The van der Waals surface area contributed by atoms with Crippen molar-refractivity contribution in [1.29, 1.82) is 0 Å². The third kappa shape index (κ3) is 3.54. The van der Waals surface area contributed by atoms with E-state index in [9.17, 15) is 4.79 Å². The number of ether oxygens (including phenoxy) is 1. The van der Waals surface area contributed by atoms with Crippen LogP contribution in [0.5, 0.6) is 0 Å². The first-order chi connectivity index (χ1) is 9.13. The molecule has 6 nitrogen and oxygen atoms in total. The zero-order chi connectivity index (χ0) is 13.8. The SMILES string of the molecule is Cn1ncc(COCCn2ncc(C=O)c2I)c1I. The molecular formula is C11H12I2N4O2. The monoisotopic (exact) mass is 486 g/mol. The second-order valence-electron chi connectivity index (χ2n) is 3.87. The minimum Gasteiger partial charge on any atom is -0.375 e. The molecule has 2 aromatic rings. The van der Waals surface area contributed by atoms with Gasteiger partial charge in [-0.2, -0.15) is 10.2 Å². The Balaban J connectivity index is 1.82. The lowest BCUT2D eigenvalue weighted by molar-refractivity contribution is 0.109. The van der Waals surface area contributed by atoms with Crippen LogP contribution in [0.25, 0.3) is 0 Å². The third-order valence-corrected chi connectivity index (χ3v) is 5.14. The van der Waals surface area contributed by atoms with Crippen molar-refractivity contribution in [2.75, 3.05) is 6.61 Å². The van der Waals surface area contributed by atoms with Crippen molar-refractivity contribution < 1.29 is 9.53 Å². The van der Waals surface area contributed by atoms with E-state index >= 15 is 0 Å². The molecular weight excluding hydrogens is 474 g/mol. The van der Waals surface area contributed by atoms with E-state index < -0.39 is 0 Å². The van der Waals surface area contributed by atoms with Crippen molar-refractivity contribution in [1.82, 2.24) is 19.6 Å². The maximum Gasteiger partial charge on any atom is 0.154 e. The maximum absolute atomic E-state index is 10.7. The van der Waals surface area contributed by atoms with Gasteiger partial charge in [0.25, 0.3) is 0 Å². The molecule has 0 spiro atoms. The average Bonchev–Trinajstić information content (AvgIpc) is 2.91. The van der Waals surface area contributed by atoms with Crippen LogP contribution in [0, 0.1) is 7.40 Å². The fourth-order valence-corrected chi connectivity index (χ4v) is 2.57. The first kappa shape index (κ1) is 14.9. The van der Waals surface area contributed by atoms with Gasteiger partial charge in [-0.3, -0.25) is 14.2 Å². The lowest BCUT2D eigenvalue weighted by Crippen LogP contribution is -2.09. The first-order valence-electron chi connectivity index (χ1n) is 5.54. The number of nitrogens with zero attached hydrogens (tertiary/aromatic N) is 4. The van der Waals surface area contributed by atoms with E-state index in [1.807, 2.05) is 17.9 Å². The summed E-state index contributed by atoms with van der Waals surface area (Å²) in [6.07, 6.45) is 4.19. The zero-order valence-corrected chi connectivity index (χ0v) is 14.5. The summed E-state index contributed by atoms with van der Waals surface area (Å²) < 4.78 is 11.1. The highest BCUT2D eigenvalue weighted by molar-refractivity contribution is 14.1. The quantitative estimate of drug-likeness (QED) is 0.356. The van der Waals surface area contributed by atoms with Gasteiger partial charge in [0.05, 0.1) is 37.7 Å². The topological polar surface area (TPSA) is 61.9 Å². The Morgan fingerprint density at radius 1 is 1.32 bits per heavy atom. The summed E-state index contributed by atoms with van der Waals surface area (Å²) in [5.74, 6) is 0. The summed E-state index contributed by atoms with van der Waals surface area (Å²) in [7, 11) is 1.90. The van der Waals surface area contributed by atoms with Gasteiger partial charge >= 0.3 is 0 Å². The van der Waals surface area contributed by atoms with Crippen LogP contribution in [0.15, 0.2) is 12.4 Å². The molecule has 0 N–H and O–H groups in total. The molecule has 2 rings (SSSR count). The minimum atomic E-state index is 0.532. The fraction of sp³-hybridized carbons (Fsp3) is 0.364. The van der Waals surface area contributed by atoms with E-state index in [-0.39, 0.29) is 0 Å². The predicted molar refractivity (Wildman–Crippen MR) is 85.9 cm³/mol. The molecule has 0 aliphatic carbocycles. The summed E-state index contributed by atoms with van der Waals surface area (Å²) >= 11 is 4.35. The first-order valence-corrected chi connectivity index (χ1v) is 7.70. The second kappa shape index (κ2) is 6.79. The van der Waals surface area contributed by atoms with Crippen LogP contribution < -0.4 is 0 Å². The van der Waals surface area contributed by atoms with Crippen LogP contribution in [0.3, 0.4) is 0 Å². The van der Waals surface area contributed by atoms with E-state index in [0.29, 0.717) is 25.3 Å². The normalized spacial score (nSPS) is 10.9. The number of aldehydes is 1. The Morgan fingerprint density at radius 2 is 2.11 bits per heavy atom. The summed E-state index contributed by atoms with van der Waals surface area (Å²) in [5.41, 5.74) is 1.69. The molecule has 0 aliphatic rings. The second-order valence-corrected chi connectivity index (χ2v) is 5.91. The molecule has 0 bridgehead atoms. The van der Waals surface area contributed by atoms with Gasteiger partial charge in [0.2, 0.25) is 0 Å². The number of aryl methyl sites for hydroxylation is 1. The molecule has 0 aliphatic heterocycles. The smallest absolute Gasteiger partial charge is 0.154 e. The van der Waals surface area contributed by atoms with Crippen molar-refractivity contribution in [2.45, 2.75) is 13.2 Å². The van der Waals surface area contributed by atoms with Gasteiger partial charge < -0.3 is 4.74 Å². The molecule has 2 aromatic heterocycles. The third-order valence-electron chi connectivity index (χ3n) is 2.57. The van der Waals surface area contributed by atoms with Crippen molar-refractivity contribution in [3.05, 3.63) is 30.9 Å². The van der Waals surface area contributed by atoms with Gasteiger partial charge in [-0.25, -0.2) is 0 Å². The Hall–Kier alpha value is -0.490. The van der Waals surface area contributed by atoms with Crippen LogP contribution in [0.2, 0.25) is 0 Å². The predicted octanol–water partition coefficient (Wildman–Crippen LogP) is 1.86. The van der Waals surface area contributed by atoms with Gasteiger partial charge in [-0.05, 0) is 45.2 Å². The van der Waals surface area contributed by atoms with Crippen LogP contribution in [0.1, 0.15) is 15.9 Å². The molecule has 102 valence electrons. The minimum absolute atomic E-state index is 0.532. The van der Waals surface area contributed by atoms with Crippen LogP contribution in [-0.2, 0) is 24.9 Å². The Kier molecular flexibility index (Phi) is 5.33. The number of carbonyl (C=O) groups excluding carboxylic acids is 1. The molecule has 0 aromatic carbocycles. The molecule has 19 heavy (non-hydrogen) atoms. The molecule has 2 heterocycles. The summed E-state index contributed by atoms with van der Waals surface area (Å²) in [5, 5.41) is 8.29. The molecule has 0 fully saturated rings. The Labute approximate surface area is 137 Å². The summed E-state index contributed by atoms with van der Waals surface area (Å²) in [6, 6.07) is 0. The van der Waals surface area contributed by atoms with Crippen molar-refractivity contribution in [3.8, 4) is 0 Å². The van der Waals surface area contributed by atoms with Gasteiger partial charge in [0, 0.05) is 12.6 Å². The highest BCUT2D eigenvalue weighted by atomic mass is 127. The lowest BCUT2D eigenvalue weighted by atomic mass is 10.4. The number of rotatable bonds is 6. The zero-order valence-electron chi connectivity index (χ0n) is 10.2. The molecule has 8 heteroatoms. The van der Waals surface area contributed by atoms with E-state index in [1.54, 1.807) is 10.9 Å². The lowest BCUT2D eigenvalue weighted by Gasteiger charge is -2.05. The van der Waals surface area contributed by atoms with Gasteiger partial charge in [0.15, 0.2) is 6.29 Å². The maximum atomic E-state index is 10.7. The molecule has 0 radical (unpaired) electrons. The highest BCUT2D eigenvalue weighted by Gasteiger charge is 2.07. The number of halogens is 2. The van der Waals surface area contributed by atoms with E-state index in [1.165, 1.54) is 0 Å². The van der Waals surface area contributed by atoms with E-state index in [2.05, 4.69) is 55.4 Å². The molecule has 0 atom stereocenters. The van der Waals surface area contributed by atoms with Crippen molar-refractivity contribution >= 4 is 51.5 Å². The molecule has 0 saturated heterocycles. The van der Waals surface area contributed by atoms with Gasteiger partial charge in [0.1, 0.15) is 7.40 Å². The standard InChI is InChI=1S/C11H12I2N4O2/c1-16-10(12)9(5-14-16)7-19-3-2-17-11(13)8(6-18)4-15-17/h4-6H,2-3,7H2,1H3. The van der Waals surface area contributed by atoms with Crippen LogP contribution >= 0.6 is 45.2 Å². The van der Waals surface area contributed by atoms with Gasteiger partial charge in [-0.1, -0.05) is 0 Å². The fourth-order valence-electron chi connectivity index (χ4n) is 1.52. The average molecular weight is 486 g/mol. The van der Waals surface area contributed by atoms with E-state index in [0.717, 1.165) is 19.3 Å². The number of carbonyl (C=O) groups is 1. The largest absolute Gasteiger partial charge is 0.375 e. The van der Waals surface area contributed by atoms with Crippen LogP contribution in [-0.4, -0.2) is 32.5 Å². The number of hydrogen-bond donors (Lipinski definition) is 0. The Morgan fingerprint density at radius 3 is 2.68 bits per heavy atom. The summed E-state index contributed by atoms with van der Waals surface area (Å²) in [6.45, 7) is 1.70. The number of hydrogen-bond acceptors (Lipinski definition) is 4. The van der Waals surface area contributed by atoms with Crippen molar-refractivity contribution in [3.63, 3.8) is 0 Å². The van der Waals surface area contributed by atoms with Gasteiger partial charge in [-0.15, -0.1) is 0 Å². The Bertz CT molecular complexity index is 579. The van der Waals surface area contributed by atoms with Crippen LogP contribution in [0.4, 0.5) is 0 Å².